The van der Waals surface area contributed by atoms with Crippen molar-refractivity contribution >= 4 is 28.4 Å². The van der Waals surface area contributed by atoms with E-state index >= 15 is 0 Å². The second-order valence-corrected chi connectivity index (χ2v) is 11.1. The van der Waals surface area contributed by atoms with Gasteiger partial charge in [-0.25, -0.2) is 4.68 Å². The maximum Gasteiger partial charge on any atom is 0.274 e. The lowest BCUT2D eigenvalue weighted by Crippen LogP contribution is -2.26. The average Bonchev–Trinajstić information content (AvgIpc) is 3.23. The number of carbonyl (C=O) groups is 1. The van der Waals surface area contributed by atoms with Crippen LogP contribution in [0.5, 0.6) is 0 Å². The van der Waals surface area contributed by atoms with Crippen LogP contribution in [0, 0.1) is 18.3 Å². The van der Waals surface area contributed by atoms with Gasteiger partial charge >= 0.3 is 0 Å². The molecule has 1 aliphatic rings. The SMILES string of the molecule is Cc1[nH]c2ccccc2c1[C@H]1[C@@H](CCNC(=O)c2nnn(-c3ccc(Cl)cc3)c2-c2ccccc2)C1(C)C. The molecule has 192 valence electrons. The van der Waals surface area contributed by atoms with Crippen LogP contribution in [0.25, 0.3) is 27.8 Å². The summed E-state index contributed by atoms with van der Waals surface area (Å²) in [6.45, 7) is 7.40. The van der Waals surface area contributed by atoms with Gasteiger partial charge in [0.05, 0.1) is 5.69 Å². The van der Waals surface area contributed by atoms with Crippen molar-refractivity contribution in [2.45, 2.75) is 33.1 Å². The molecular formula is C31H30ClN5O. The van der Waals surface area contributed by atoms with E-state index in [9.17, 15) is 4.79 Å². The van der Waals surface area contributed by atoms with Gasteiger partial charge in [0, 0.05) is 33.7 Å². The highest BCUT2D eigenvalue weighted by molar-refractivity contribution is 6.30. The standard InChI is InChI=1S/C31H30ClN5O/c1-19-26(23-11-7-8-12-25(23)34-19)27-24(31(27,2)3)17-18-33-30(38)28-29(20-9-5-4-6-10-20)37(36-35-28)22-15-13-21(32)14-16-22/h4-16,24,27,34H,17-18H2,1-3H3,(H,33,38)/t24-,27-/m1/s1. The highest BCUT2D eigenvalue weighted by Crippen LogP contribution is 2.67. The molecule has 5 aromatic rings. The van der Waals surface area contributed by atoms with E-state index in [4.69, 9.17) is 11.6 Å². The summed E-state index contributed by atoms with van der Waals surface area (Å²) >= 11 is 6.09. The first-order valence-corrected chi connectivity index (χ1v) is 13.4. The molecule has 2 N–H and O–H groups in total. The van der Waals surface area contributed by atoms with E-state index in [2.05, 4.69) is 65.6 Å². The highest BCUT2D eigenvalue weighted by atomic mass is 35.5. The first kappa shape index (κ1) is 24.4. The largest absolute Gasteiger partial charge is 0.358 e. The van der Waals surface area contributed by atoms with E-state index in [-0.39, 0.29) is 11.3 Å². The summed E-state index contributed by atoms with van der Waals surface area (Å²) in [5.41, 5.74) is 6.64. The van der Waals surface area contributed by atoms with Gasteiger partial charge in [-0.2, -0.15) is 0 Å². The number of H-pyrrole nitrogens is 1. The third kappa shape index (κ3) is 4.19. The third-order valence-electron chi connectivity index (χ3n) is 8.05. The number of para-hydroxylation sites is 1. The number of hydrogen-bond donors (Lipinski definition) is 2. The number of halogens is 1. The van der Waals surface area contributed by atoms with Crippen molar-refractivity contribution < 1.29 is 4.79 Å². The van der Waals surface area contributed by atoms with E-state index in [1.54, 1.807) is 16.8 Å². The number of benzene rings is 3. The summed E-state index contributed by atoms with van der Waals surface area (Å²) in [6.07, 6.45) is 0.897. The molecule has 6 nitrogen and oxygen atoms in total. The predicted molar refractivity (Wildman–Crippen MR) is 152 cm³/mol. The summed E-state index contributed by atoms with van der Waals surface area (Å²) in [5.74, 6) is 0.725. The van der Waals surface area contributed by atoms with Crippen LogP contribution in [0.2, 0.25) is 5.02 Å². The van der Waals surface area contributed by atoms with Gasteiger partial charge < -0.3 is 10.3 Å². The molecule has 2 heterocycles. The van der Waals surface area contributed by atoms with E-state index in [0.29, 0.717) is 34.8 Å². The Morgan fingerprint density at radius 1 is 1.03 bits per heavy atom. The minimum Gasteiger partial charge on any atom is -0.358 e. The zero-order valence-corrected chi connectivity index (χ0v) is 22.5. The van der Waals surface area contributed by atoms with Crippen LogP contribution in [0.15, 0.2) is 78.9 Å². The molecule has 6 rings (SSSR count). The highest BCUT2D eigenvalue weighted by Gasteiger charge is 2.58. The molecule has 0 aliphatic heterocycles. The molecule has 2 aromatic heterocycles. The lowest BCUT2D eigenvalue weighted by Gasteiger charge is -2.09. The molecule has 0 radical (unpaired) electrons. The van der Waals surface area contributed by atoms with Gasteiger partial charge in [0.1, 0.15) is 5.69 Å². The Morgan fingerprint density at radius 2 is 1.74 bits per heavy atom. The van der Waals surface area contributed by atoms with E-state index in [0.717, 1.165) is 17.7 Å². The Bertz CT molecular complexity index is 1620. The topological polar surface area (TPSA) is 75.6 Å². The zero-order chi connectivity index (χ0) is 26.4. The summed E-state index contributed by atoms with van der Waals surface area (Å²) < 4.78 is 1.69. The Labute approximate surface area is 227 Å². The fraction of sp³-hybridized carbons (Fsp3) is 0.258. The number of hydrogen-bond acceptors (Lipinski definition) is 3. The molecule has 1 amide bonds. The molecule has 1 fully saturated rings. The minimum absolute atomic E-state index is 0.174. The van der Waals surface area contributed by atoms with Crippen LogP contribution in [0.4, 0.5) is 0 Å². The Kier molecular flexibility index (Phi) is 6.07. The number of rotatable bonds is 7. The van der Waals surface area contributed by atoms with Crippen molar-refractivity contribution in [2.75, 3.05) is 6.54 Å². The van der Waals surface area contributed by atoms with Gasteiger partial charge in [-0.05, 0) is 66.5 Å². The summed E-state index contributed by atoms with van der Waals surface area (Å²) in [7, 11) is 0. The first-order chi connectivity index (χ1) is 18.4. The molecule has 3 aromatic carbocycles. The third-order valence-corrected chi connectivity index (χ3v) is 8.30. The van der Waals surface area contributed by atoms with E-state index in [1.807, 2.05) is 42.5 Å². The second-order valence-electron chi connectivity index (χ2n) is 10.7. The molecule has 7 heteroatoms. The van der Waals surface area contributed by atoms with Crippen LogP contribution >= 0.6 is 11.6 Å². The maximum absolute atomic E-state index is 13.4. The molecule has 0 bridgehead atoms. The fourth-order valence-electron chi connectivity index (χ4n) is 6.03. The molecule has 0 spiro atoms. The van der Waals surface area contributed by atoms with E-state index in [1.165, 1.54) is 22.2 Å². The first-order valence-electron chi connectivity index (χ1n) is 13.0. The van der Waals surface area contributed by atoms with Crippen LogP contribution < -0.4 is 5.32 Å². The van der Waals surface area contributed by atoms with Crippen molar-refractivity contribution in [1.29, 1.82) is 0 Å². The second kappa shape index (κ2) is 9.44. The fourth-order valence-corrected chi connectivity index (χ4v) is 6.16. The molecule has 1 aliphatic carbocycles. The Hall–Kier alpha value is -3.90. The Balaban J connectivity index is 1.21. The number of aromatic amines is 1. The van der Waals surface area contributed by atoms with Crippen molar-refractivity contribution in [2.24, 2.45) is 11.3 Å². The summed E-state index contributed by atoms with van der Waals surface area (Å²) in [5, 5.41) is 13.7. The van der Waals surface area contributed by atoms with Gasteiger partial charge in [-0.15, -0.1) is 5.10 Å². The molecule has 0 saturated heterocycles. The van der Waals surface area contributed by atoms with Gasteiger partial charge in [0.2, 0.25) is 0 Å². The van der Waals surface area contributed by atoms with Gasteiger partial charge in [-0.3, -0.25) is 4.79 Å². The Morgan fingerprint density at radius 3 is 2.50 bits per heavy atom. The number of carbonyl (C=O) groups excluding carboxylic acids is 1. The van der Waals surface area contributed by atoms with Crippen LogP contribution in [-0.2, 0) is 0 Å². The lowest BCUT2D eigenvalue weighted by molar-refractivity contribution is 0.0947. The number of amides is 1. The van der Waals surface area contributed by atoms with Crippen molar-refractivity contribution in [3.8, 4) is 16.9 Å². The molecule has 2 atom stereocenters. The minimum atomic E-state index is -0.220. The van der Waals surface area contributed by atoms with E-state index < -0.39 is 0 Å². The van der Waals surface area contributed by atoms with Gasteiger partial charge in [0.15, 0.2) is 5.69 Å². The van der Waals surface area contributed by atoms with Crippen molar-refractivity contribution in [3.63, 3.8) is 0 Å². The van der Waals surface area contributed by atoms with Gasteiger partial charge in [-0.1, -0.05) is 79.2 Å². The predicted octanol–water partition coefficient (Wildman–Crippen LogP) is 6.94. The summed E-state index contributed by atoms with van der Waals surface area (Å²) in [6, 6.07) is 25.6. The maximum atomic E-state index is 13.4. The molecule has 38 heavy (non-hydrogen) atoms. The van der Waals surface area contributed by atoms with Crippen molar-refractivity contribution in [3.05, 3.63) is 101 Å². The number of aryl methyl sites for hydroxylation is 1. The normalized spacial score (nSPS) is 18.0. The number of nitrogens with one attached hydrogen (secondary N) is 2. The van der Waals surface area contributed by atoms with Crippen molar-refractivity contribution in [1.82, 2.24) is 25.3 Å². The molecule has 1 saturated carbocycles. The summed E-state index contributed by atoms with van der Waals surface area (Å²) in [4.78, 5) is 16.9. The van der Waals surface area contributed by atoms with Gasteiger partial charge in [0.25, 0.3) is 5.91 Å². The monoisotopic (exact) mass is 523 g/mol. The number of nitrogens with zero attached hydrogens (tertiary/aromatic N) is 3. The van der Waals surface area contributed by atoms with Crippen LogP contribution in [-0.4, -0.2) is 32.4 Å². The zero-order valence-electron chi connectivity index (χ0n) is 21.7. The number of fused-ring (bicyclic) bond motifs is 1. The molecular weight excluding hydrogens is 494 g/mol. The van der Waals surface area contributed by atoms with Crippen LogP contribution in [0.3, 0.4) is 0 Å². The van der Waals surface area contributed by atoms with Crippen LogP contribution in [0.1, 0.15) is 47.9 Å². The average molecular weight is 524 g/mol. The molecule has 0 unspecified atom stereocenters. The lowest BCUT2D eigenvalue weighted by atomic mass is 10.0. The quantitative estimate of drug-likeness (QED) is 0.242. The number of aromatic nitrogens is 4. The smallest absolute Gasteiger partial charge is 0.274 e.